The molecule has 0 fully saturated rings. The van der Waals surface area contributed by atoms with Crippen LogP contribution in [0.4, 0.5) is 22.0 Å². The summed E-state index contributed by atoms with van der Waals surface area (Å²) in [5.74, 6) is -2.27. The topological polar surface area (TPSA) is 59.3 Å². The van der Waals surface area contributed by atoms with E-state index in [1.807, 2.05) is 0 Å². The first-order chi connectivity index (χ1) is 9.72. The van der Waals surface area contributed by atoms with Crippen molar-refractivity contribution in [3.63, 3.8) is 0 Å². The van der Waals surface area contributed by atoms with Gasteiger partial charge in [0.1, 0.15) is 17.4 Å². The fourth-order valence-corrected chi connectivity index (χ4v) is 1.54. The molecular formula is C12H8F5NO3. The van der Waals surface area contributed by atoms with Gasteiger partial charge in [-0.15, -0.1) is 0 Å². The van der Waals surface area contributed by atoms with Crippen LogP contribution in [0.25, 0.3) is 0 Å². The lowest BCUT2D eigenvalue weighted by Gasteiger charge is -2.15. The average molecular weight is 309 g/mol. The molecule has 0 heterocycles. The molecule has 0 saturated heterocycles. The van der Waals surface area contributed by atoms with Gasteiger partial charge < -0.3 is 9.47 Å². The van der Waals surface area contributed by atoms with Crippen LogP contribution >= 0.6 is 0 Å². The van der Waals surface area contributed by atoms with Crippen LogP contribution in [-0.4, -0.2) is 19.2 Å². The normalized spacial score (nSPS) is 11.1. The third-order valence-corrected chi connectivity index (χ3v) is 2.28. The van der Waals surface area contributed by atoms with Crippen molar-refractivity contribution in [3.05, 3.63) is 28.8 Å². The number of nitrogens with zero attached hydrogens (tertiary/aromatic N) is 1. The molecule has 0 aliphatic carbocycles. The number of hydrogen-bond donors (Lipinski definition) is 0. The molecule has 0 unspecified atom stereocenters. The Labute approximate surface area is 115 Å². The summed E-state index contributed by atoms with van der Waals surface area (Å²) < 4.78 is 71.3. The van der Waals surface area contributed by atoms with Gasteiger partial charge in [0, 0.05) is 0 Å². The van der Waals surface area contributed by atoms with Crippen LogP contribution in [0.3, 0.4) is 0 Å². The number of rotatable bonds is 4. The summed E-state index contributed by atoms with van der Waals surface area (Å²) in [6, 6.07) is 2.19. The van der Waals surface area contributed by atoms with E-state index < -0.39 is 41.2 Å². The minimum absolute atomic E-state index is 0.249. The highest BCUT2D eigenvalue weighted by Gasteiger charge is 2.38. The molecule has 9 heteroatoms. The minimum Gasteiger partial charge on any atom is -0.462 e. The Bertz CT molecular complexity index is 577. The molecule has 0 bridgehead atoms. The summed E-state index contributed by atoms with van der Waals surface area (Å²) in [7, 11) is 0. The first kappa shape index (κ1) is 16.7. The summed E-state index contributed by atoms with van der Waals surface area (Å²) >= 11 is 0. The van der Waals surface area contributed by atoms with Crippen LogP contribution in [0, 0.1) is 11.3 Å². The molecule has 0 aliphatic rings. The molecule has 0 N–H and O–H groups in total. The zero-order chi connectivity index (χ0) is 16.2. The van der Waals surface area contributed by atoms with E-state index in [1.165, 1.54) is 13.0 Å². The number of ether oxygens (including phenoxy) is 2. The quantitative estimate of drug-likeness (QED) is 0.632. The Morgan fingerprint density at radius 2 is 2.00 bits per heavy atom. The van der Waals surface area contributed by atoms with Crippen LogP contribution < -0.4 is 4.74 Å². The van der Waals surface area contributed by atoms with Crippen LogP contribution in [0.5, 0.6) is 5.75 Å². The van der Waals surface area contributed by atoms with E-state index in [4.69, 9.17) is 5.26 Å². The molecule has 0 saturated carbocycles. The second kappa shape index (κ2) is 6.39. The van der Waals surface area contributed by atoms with Crippen molar-refractivity contribution >= 4 is 5.97 Å². The predicted octanol–water partition coefficient (Wildman–Crippen LogP) is 3.36. The van der Waals surface area contributed by atoms with Gasteiger partial charge in [0.05, 0.1) is 17.7 Å². The van der Waals surface area contributed by atoms with E-state index in [0.717, 1.165) is 0 Å². The van der Waals surface area contributed by atoms with Crippen molar-refractivity contribution in [2.24, 2.45) is 0 Å². The number of alkyl halides is 5. The average Bonchev–Trinajstić information content (AvgIpc) is 2.36. The van der Waals surface area contributed by atoms with Crippen molar-refractivity contribution < 1.29 is 36.2 Å². The maximum atomic E-state index is 12.9. The van der Waals surface area contributed by atoms with Gasteiger partial charge in [-0.05, 0) is 19.1 Å². The summed E-state index contributed by atoms with van der Waals surface area (Å²) in [4.78, 5) is 11.6. The monoisotopic (exact) mass is 309 g/mol. The van der Waals surface area contributed by atoms with Gasteiger partial charge in [0.2, 0.25) is 0 Å². The second-order valence-electron chi connectivity index (χ2n) is 3.57. The van der Waals surface area contributed by atoms with Gasteiger partial charge in [-0.2, -0.15) is 27.2 Å². The molecule has 4 nitrogen and oxygen atoms in total. The summed E-state index contributed by atoms with van der Waals surface area (Å²) in [5, 5.41) is 8.87. The Morgan fingerprint density at radius 3 is 2.43 bits per heavy atom. The van der Waals surface area contributed by atoms with E-state index in [1.54, 1.807) is 0 Å². The maximum Gasteiger partial charge on any atom is 0.417 e. The lowest BCUT2D eigenvalue weighted by Crippen LogP contribution is -2.18. The Hall–Kier alpha value is -2.37. The smallest absolute Gasteiger partial charge is 0.417 e. The highest BCUT2D eigenvalue weighted by Crippen LogP contribution is 2.37. The van der Waals surface area contributed by atoms with Gasteiger partial charge in [0.15, 0.2) is 0 Å². The van der Waals surface area contributed by atoms with Crippen molar-refractivity contribution in [3.8, 4) is 11.8 Å². The maximum absolute atomic E-state index is 12.9. The van der Waals surface area contributed by atoms with Gasteiger partial charge in [-0.3, -0.25) is 0 Å². The van der Waals surface area contributed by atoms with Crippen molar-refractivity contribution in [1.82, 2.24) is 0 Å². The molecular weight excluding hydrogens is 301 g/mol. The van der Waals surface area contributed by atoms with Gasteiger partial charge in [-0.1, -0.05) is 0 Å². The highest BCUT2D eigenvalue weighted by atomic mass is 19.4. The SMILES string of the molecule is CCOC(=O)c1c(C(F)(F)F)ccc(OC(F)F)c1C#N. The molecule has 0 aromatic heterocycles. The molecule has 0 aliphatic heterocycles. The number of hydrogen-bond acceptors (Lipinski definition) is 4. The van der Waals surface area contributed by atoms with Crippen molar-refractivity contribution in [1.29, 1.82) is 5.26 Å². The minimum atomic E-state index is -4.96. The largest absolute Gasteiger partial charge is 0.462 e. The third-order valence-electron chi connectivity index (χ3n) is 2.28. The lowest BCUT2D eigenvalue weighted by molar-refractivity contribution is -0.138. The molecule has 114 valence electrons. The fraction of sp³-hybridized carbons (Fsp3) is 0.333. The number of carbonyl (C=O) groups is 1. The van der Waals surface area contributed by atoms with E-state index in [-0.39, 0.29) is 6.61 Å². The van der Waals surface area contributed by atoms with E-state index >= 15 is 0 Å². The summed E-state index contributed by atoms with van der Waals surface area (Å²) in [5.41, 5.74) is -3.56. The number of halogens is 5. The molecule has 0 atom stereocenters. The first-order valence-electron chi connectivity index (χ1n) is 5.48. The summed E-state index contributed by atoms with van der Waals surface area (Å²) in [6.07, 6.45) is -4.96. The summed E-state index contributed by atoms with van der Waals surface area (Å²) in [6.45, 7) is -2.26. The van der Waals surface area contributed by atoms with Crippen LogP contribution in [0.2, 0.25) is 0 Å². The first-order valence-corrected chi connectivity index (χ1v) is 5.48. The van der Waals surface area contributed by atoms with Crippen LogP contribution in [-0.2, 0) is 10.9 Å². The van der Waals surface area contributed by atoms with Gasteiger partial charge in [-0.25, -0.2) is 4.79 Å². The van der Waals surface area contributed by atoms with Gasteiger partial charge >= 0.3 is 18.8 Å². The van der Waals surface area contributed by atoms with Crippen LogP contribution in [0.1, 0.15) is 28.4 Å². The predicted molar refractivity (Wildman–Crippen MR) is 58.7 cm³/mol. The van der Waals surface area contributed by atoms with Gasteiger partial charge in [0.25, 0.3) is 0 Å². The zero-order valence-corrected chi connectivity index (χ0v) is 10.5. The molecule has 1 aromatic carbocycles. The number of nitriles is 1. The highest BCUT2D eigenvalue weighted by molar-refractivity contribution is 5.95. The standard InChI is InChI=1S/C12H8F5NO3/c1-2-20-10(19)9-6(5-18)8(21-11(13)14)4-3-7(9)12(15,16)17/h3-4,11H,2H2,1H3. The third kappa shape index (κ3) is 3.81. The number of benzene rings is 1. The van der Waals surface area contributed by atoms with E-state index in [9.17, 15) is 26.7 Å². The van der Waals surface area contributed by atoms with Crippen LogP contribution in [0.15, 0.2) is 12.1 Å². The Balaban J connectivity index is 3.57. The number of carbonyl (C=O) groups excluding carboxylic acids is 1. The lowest BCUT2D eigenvalue weighted by atomic mass is 10.00. The second-order valence-corrected chi connectivity index (χ2v) is 3.57. The Morgan fingerprint density at radius 1 is 1.38 bits per heavy atom. The van der Waals surface area contributed by atoms with E-state index in [0.29, 0.717) is 12.1 Å². The zero-order valence-electron chi connectivity index (χ0n) is 10.5. The number of esters is 1. The Kier molecular flexibility index (Phi) is 5.07. The fourth-order valence-electron chi connectivity index (χ4n) is 1.54. The molecule has 0 radical (unpaired) electrons. The molecule has 1 aromatic rings. The van der Waals surface area contributed by atoms with Crippen molar-refractivity contribution in [2.45, 2.75) is 19.7 Å². The van der Waals surface area contributed by atoms with E-state index in [2.05, 4.69) is 9.47 Å². The molecule has 0 spiro atoms. The molecule has 0 amide bonds. The van der Waals surface area contributed by atoms with Crippen molar-refractivity contribution in [2.75, 3.05) is 6.61 Å². The molecule has 21 heavy (non-hydrogen) atoms. The molecule has 1 rings (SSSR count).